The zero-order chi connectivity index (χ0) is 13.5. The molecule has 106 valence electrons. The van der Waals surface area contributed by atoms with Crippen LogP contribution in [0.2, 0.25) is 0 Å². The van der Waals surface area contributed by atoms with Gasteiger partial charge in [-0.15, -0.1) is 0 Å². The second kappa shape index (κ2) is 7.25. The number of ether oxygens (including phenoxy) is 1. The first kappa shape index (κ1) is 14.0. The van der Waals surface area contributed by atoms with Gasteiger partial charge in [0.2, 0.25) is 0 Å². The molecule has 1 aromatic heterocycles. The molecule has 0 radical (unpaired) electrons. The van der Waals surface area contributed by atoms with Crippen molar-refractivity contribution in [3.8, 4) is 0 Å². The molecule has 1 fully saturated rings. The van der Waals surface area contributed by atoms with Gasteiger partial charge < -0.3 is 20.1 Å². The molecule has 1 unspecified atom stereocenters. The van der Waals surface area contributed by atoms with E-state index in [2.05, 4.69) is 15.3 Å². The number of nitrogens with zero attached hydrogens (tertiary/aromatic N) is 3. The van der Waals surface area contributed by atoms with Gasteiger partial charge >= 0.3 is 0 Å². The number of hydrogen-bond acceptors (Lipinski definition) is 6. The maximum Gasteiger partial charge on any atom is 0.133 e. The summed E-state index contributed by atoms with van der Waals surface area (Å²) >= 11 is 0. The third-order valence-corrected chi connectivity index (χ3v) is 3.23. The van der Waals surface area contributed by atoms with Gasteiger partial charge in [0.15, 0.2) is 0 Å². The van der Waals surface area contributed by atoms with Crippen molar-refractivity contribution in [1.29, 1.82) is 0 Å². The van der Waals surface area contributed by atoms with E-state index in [1.165, 1.54) is 0 Å². The Morgan fingerprint density at radius 3 is 3.16 bits per heavy atom. The Morgan fingerprint density at radius 2 is 2.42 bits per heavy atom. The van der Waals surface area contributed by atoms with Crippen LogP contribution in [-0.4, -0.2) is 54.5 Å². The third-order valence-electron chi connectivity index (χ3n) is 3.23. The van der Waals surface area contributed by atoms with Gasteiger partial charge in [0.05, 0.1) is 6.10 Å². The number of aliphatic hydroxyl groups excluding tert-OH is 1. The third kappa shape index (κ3) is 4.33. The Labute approximate surface area is 113 Å². The van der Waals surface area contributed by atoms with Crippen LogP contribution in [0.1, 0.15) is 19.3 Å². The number of hydrogen-bond donors (Lipinski definition) is 2. The van der Waals surface area contributed by atoms with Crippen LogP contribution < -0.4 is 10.2 Å². The summed E-state index contributed by atoms with van der Waals surface area (Å²) in [6.07, 6.45) is 4.85. The molecule has 2 rings (SSSR count). The van der Waals surface area contributed by atoms with E-state index in [-0.39, 0.29) is 6.61 Å². The van der Waals surface area contributed by atoms with Gasteiger partial charge in [0, 0.05) is 39.4 Å². The molecule has 6 nitrogen and oxygen atoms in total. The van der Waals surface area contributed by atoms with Crippen LogP contribution in [0, 0.1) is 0 Å². The fraction of sp³-hybridized carbons (Fsp3) is 0.692. The number of rotatable bonds is 7. The molecule has 0 spiro atoms. The van der Waals surface area contributed by atoms with Gasteiger partial charge in [0.1, 0.15) is 18.0 Å². The average molecular weight is 266 g/mol. The molecular formula is C13H22N4O2. The van der Waals surface area contributed by atoms with Crippen molar-refractivity contribution in [2.75, 3.05) is 43.6 Å². The number of nitrogens with one attached hydrogen (secondary N) is 1. The highest BCUT2D eigenvalue weighted by Gasteiger charge is 2.15. The molecule has 1 aliphatic heterocycles. The Bertz CT molecular complexity index is 383. The number of anilines is 2. The largest absolute Gasteiger partial charge is 0.396 e. The van der Waals surface area contributed by atoms with Gasteiger partial charge in [-0.3, -0.25) is 0 Å². The summed E-state index contributed by atoms with van der Waals surface area (Å²) in [5, 5.41) is 12.1. The Hall–Kier alpha value is -1.40. The maximum atomic E-state index is 8.84. The standard InChI is InChI=1S/C13H22N4O2/c1-17(5-3-6-18)13-8-12(15-10-16-13)14-9-11-4-2-7-19-11/h8,10-11,18H,2-7,9H2,1H3,(H,14,15,16). The maximum absolute atomic E-state index is 8.84. The number of aromatic nitrogens is 2. The van der Waals surface area contributed by atoms with Crippen LogP contribution >= 0.6 is 0 Å². The minimum atomic E-state index is 0.194. The summed E-state index contributed by atoms with van der Waals surface area (Å²) in [7, 11) is 1.96. The Kier molecular flexibility index (Phi) is 5.35. The van der Waals surface area contributed by atoms with Crippen LogP contribution in [0.5, 0.6) is 0 Å². The molecule has 1 saturated heterocycles. The topological polar surface area (TPSA) is 70.5 Å². The predicted octanol–water partition coefficient (Wildman–Crippen LogP) is 0.886. The van der Waals surface area contributed by atoms with Crippen LogP contribution in [0.15, 0.2) is 12.4 Å². The SMILES string of the molecule is CN(CCCO)c1cc(NCC2CCCO2)ncn1. The number of aliphatic hydroxyl groups is 1. The summed E-state index contributed by atoms with van der Waals surface area (Å²) in [6, 6.07) is 1.92. The summed E-state index contributed by atoms with van der Waals surface area (Å²) < 4.78 is 5.56. The molecule has 1 aromatic rings. The van der Waals surface area contributed by atoms with E-state index in [1.54, 1.807) is 6.33 Å². The molecular weight excluding hydrogens is 244 g/mol. The zero-order valence-electron chi connectivity index (χ0n) is 11.4. The Morgan fingerprint density at radius 1 is 1.53 bits per heavy atom. The quantitative estimate of drug-likeness (QED) is 0.763. The van der Waals surface area contributed by atoms with E-state index in [4.69, 9.17) is 9.84 Å². The lowest BCUT2D eigenvalue weighted by molar-refractivity contribution is 0.120. The van der Waals surface area contributed by atoms with Crippen LogP contribution in [0.25, 0.3) is 0 Å². The van der Waals surface area contributed by atoms with Crippen molar-refractivity contribution in [3.05, 3.63) is 12.4 Å². The molecule has 19 heavy (non-hydrogen) atoms. The fourth-order valence-electron chi connectivity index (χ4n) is 2.10. The lowest BCUT2D eigenvalue weighted by atomic mass is 10.2. The van der Waals surface area contributed by atoms with Crippen molar-refractivity contribution >= 4 is 11.6 Å². The molecule has 2 N–H and O–H groups in total. The predicted molar refractivity (Wildman–Crippen MR) is 74.5 cm³/mol. The summed E-state index contributed by atoms with van der Waals surface area (Å²) in [5.41, 5.74) is 0. The van der Waals surface area contributed by atoms with E-state index >= 15 is 0 Å². The van der Waals surface area contributed by atoms with E-state index in [1.807, 2.05) is 18.0 Å². The summed E-state index contributed by atoms with van der Waals surface area (Å²) in [5.74, 6) is 1.68. The highest BCUT2D eigenvalue weighted by molar-refractivity contribution is 5.47. The zero-order valence-corrected chi connectivity index (χ0v) is 11.4. The minimum absolute atomic E-state index is 0.194. The molecule has 0 aliphatic carbocycles. The van der Waals surface area contributed by atoms with Crippen LogP contribution in [0.3, 0.4) is 0 Å². The fourth-order valence-corrected chi connectivity index (χ4v) is 2.10. The van der Waals surface area contributed by atoms with Crippen molar-refractivity contribution in [2.45, 2.75) is 25.4 Å². The lowest BCUT2D eigenvalue weighted by Gasteiger charge is -2.18. The first-order valence-corrected chi connectivity index (χ1v) is 6.79. The van der Waals surface area contributed by atoms with Crippen LogP contribution in [0.4, 0.5) is 11.6 Å². The van der Waals surface area contributed by atoms with E-state index in [0.29, 0.717) is 6.10 Å². The van der Waals surface area contributed by atoms with Gasteiger partial charge in [0.25, 0.3) is 0 Å². The van der Waals surface area contributed by atoms with Gasteiger partial charge in [-0.25, -0.2) is 9.97 Å². The van der Waals surface area contributed by atoms with Gasteiger partial charge in [-0.05, 0) is 19.3 Å². The normalized spacial score (nSPS) is 18.5. The second-order valence-corrected chi connectivity index (χ2v) is 4.78. The smallest absolute Gasteiger partial charge is 0.133 e. The average Bonchev–Trinajstić information content (AvgIpc) is 2.96. The highest BCUT2D eigenvalue weighted by atomic mass is 16.5. The Balaban J connectivity index is 1.86. The van der Waals surface area contributed by atoms with Crippen LogP contribution in [-0.2, 0) is 4.74 Å². The first-order chi connectivity index (χ1) is 9.29. The highest BCUT2D eigenvalue weighted by Crippen LogP contribution is 2.15. The van der Waals surface area contributed by atoms with Crippen molar-refractivity contribution < 1.29 is 9.84 Å². The molecule has 2 heterocycles. The summed E-state index contributed by atoms with van der Waals surface area (Å²) in [4.78, 5) is 10.5. The molecule has 0 bridgehead atoms. The van der Waals surface area contributed by atoms with Gasteiger partial charge in [-0.2, -0.15) is 0 Å². The van der Waals surface area contributed by atoms with Crippen molar-refractivity contribution in [1.82, 2.24) is 9.97 Å². The molecule has 0 amide bonds. The van der Waals surface area contributed by atoms with E-state index in [9.17, 15) is 0 Å². The minimum Gasteiger partial charge on any atom is -0.396 e. The van der Waals surface area contributed by atoms with Crippen molar-refractivity contribution in [3.63, 3.8) is 0 Å². The lowest BCUT2D eigenvalue weighted by Crippen LogP contribution is -2.22. The monoisotopic (exact) mass is 266 g/mol. The molecule has 1 atom stereocenters. The van der Waals surface area contributed by atoms with Gasteiger partial charge in [-0.1, -0.05) is 0 Å². The molecule has 1 aliphatic rings. The first-order valence-electron chi connectivity index (χ1n) is 6.79. The van der Waals surface area contributed by atoms with E-state index in [0.717, 1.165) is 50.6 Å². The molecule has 0 aromatic carbocycles. The van der Waals surface area contributed by atoms with Crippen molar-refractivity contribution in [2.24, 2.45) is 0 Å². The molecule has 0 saturated carbocycles. The molecule has 6 heteroatoms. The van der Waals surface area contributed by atoms with E-state index < -0.39 is 0 Å². The second-order valence-electron chi connectivity index (χ2n) is 4.78. The summed E-state index contributed by atoms with van der Waals surface area (Å²) in [6.45, 7) is 2.63.